The van der Waals surface area contributed by atoms with Gasteiger partial charge in [0.15, 0.2) is 11.5 Å². The van der Waals surface area contributed by atoms with E-state index in [0.29, 0.717) is 5.56 Å². The number of oxime groups is 1. The molecule has 0 amide bonds. The van der Waals surface area contributed by atoms with Crippen molar-refractivity contribution in [1.82, 2.24) is 0 Å². The molecule has 0 heterocycles. The van der Waals surface area contributed by atoms with E-state index >= 15 is 0 Å². The van der Waals surface area contributed by atoms with Crippen molar-refractivity contribution in [3.05, 3.63) is 143 Å². The third kappa shape index (κ3) is 6.12. The Bertz CT molecular complexity index is 1420. The number of nitrogens with zero attached hydrogens (tertiary/aromatic N) is 1. The monoisotopic (exact) mass is 579 g/mol. The Kier molecular flexibility index (Phi) is 9.25. The molecule has 4 aromatic carbocycles. The first-order chi connectivity index (χ1) is 17.1. The van der Waals surface area contributed by atoms with Crippen molar-refractivity contribution in [2.75, 3.05) is 0 Å². The normalized spacial score (nSPS) is 10.6. The number of benzene rings is 4. The van der Waals surface area contributed by atoms with Crippen LogP contribution in [0.3, 0.4) is 0 Å². The second kappa shape index (κ2) is 12.6. The van der Waals surface area contributed by atoms with Gasteiger partial charge in [0.2, 0.25) is 11.6 Å². The maximum absolute atomic E-state index is 13.6. The molecule has 0 spiro atoms. The topological polar surface area (TPSA) is 89.9 Å². The predicted octanol–water partition coefficient (Wildman–Crippen LogP) is 4.01. The Morgan fingerprint density at radius 3 is 1.50 bits per heavy atom. The molecular weight excluding hydrogens is 557 g/mol. The van der Waals surface area contributed by atoms with Crippen LogP contribution >= 0.6 is 0 Å². The molecule has 0 bridgehead atoms. The van der Waals surface area contributed by atoms with E-state index in [1.807, 2.05) is 0 Å². The minimum atomic E-state index is -0.834. The molecule has 0 aromatic heterocycles. The van der Waals surface area contributed by atoms with E-state index in [9.17, 15) is 19.2 Å². The number of hydrogen-bond donors (Lipinski definition) is 0. The second-order valence-electron chi connectivity index (χ2n) is 7.45. The van der Waals surface area contributed by atoms with Gasteiger partial charge in [-0.2, -0.15) is 0 Å². The van der Waals surface area contributed by atoms with Crippen LogP contribution in [0, 0.1) is 0 Å². The molecule has 0 atom stereocenters. The van der Waals surface area contributed by atoms with Crippen LogP contribution in [0.15, 0.2) is 120 Å². The first kappa shape index (κ1) is 26.5. The molecule has 0 radical (unpaired) electrons. The molecule has 0 aliphatic heterocycles. The molecule has 0 saturated heterocycles. The van der Waals surface area contributed by atoms with E-state index in [2.05, 4.69) is 5.16 Å². The average Bonchev–Trinajstić information content (AvgIpc) is 2.93. The first-order valence-electron chi connectivity index (χ1n) is 10.7. The van der Waals surface area contributed by atoms with Gasteiger partial charge < -0.3 is 4.84 Å². The average molecular weight is 579 g/mol. The number of ketones is 3. The summed E-state index contributed by atoms with van der Waals surface area (Å²) < 4.78 is 0. The van der Waals surface area contributed by atoms with Crippen LogP contribution in [-0.4, -0.2) is 54.9 Å². The van der Waals surface area contributed by atoms with Gasteiger partial charge in [0.1, 0.15) is 0 Å². The minimum absolute atomic E-state index is 0. The zero-order valence-corrected chi connectivity index (χ0v) is 18.5. The number of carbonyl (C=O) groups is 4. The van der Waals surface area contributed by atoms with Gasteiger partial charge >= 0.3 is 31.8 Å². The predicted molar refractivity (Wildman–Crippen MR) is 141 cm³/mol. The molecule has 0 N–H and O–H groups in total. The Balaban J connectivity index is 0.00000361. The van der Waals surface area contributed by atoms with Crippen LogP contribution in [0.25, 0.3) is 0 Å². The van der Waals surface area contributed by atoms with Crippen LogP contribution in [-0.2, 0) is 4.84 Å². The SMILES string of the molecule is O=C(ON=C(C(=O)c1ccccc1)C(=O)c1ccccc1C(=O)c1ccccc1)c1ccccc1.[InH3]. The van der Waals surface area contributed by atoms with Crippen molar-refractivity contribution >= 4 is 54.9 Å². The van der Waals surface area contributed by atoms with Gasteiger partial charge in [0, 0.05) is 22.3 Å². The molecule has 36 heavy (non-hydrogen) atoms. The molecule has 0 unspecified atom stereocenters. The Hall–Kier alpha value is -4.10. The van der Waals surface area contributed by atoms with Gasteiger partial charge in [-0.25, -0.2) is 4.79 Å². The summed E-state index contributed by atoms with van der Waals surface area (Å²) in [5.74, 6) is -2.79. The summed E-state index contributed by atoms with van der Waals surface area (Å²) in [5, 5.41) is 3.68. The van der Waals surface area contributed by atoms with Crippen molar-refractivity contribution in [3.8, 4) is 0 Å². The molecule has 6 nitrogen and oxygen atoms in total. The summed E-state index contributed by atoms with van der Waals surface area (Å²) in [6.07, 6.45) is 0. The maximum atomic E-state index is 13.6. The Labute approximate surface area is 226 Å². The number of Topliss-reactive ketones (excluding diaryl/α,β-unsaturated/α-hetero) is 2. The van der Waals surface area contributed by atoms with Crippen molar-refractivity contribution in [2.45, 2.75) is 0 Å². The van der Waals surface area contributed by atoms with E-state index in [4.69, 9.17) is 4.84 Å². The third-order valence-corrected chi connectivity index (χ3v) is 5.15. The van der Waals surface area contributed by atoms with E-state index in [1.165, 1.54) is 36.4 Å². The fourth-order valence-corrected chi connectivity index (χ4v) is 3.38. The fourth-order valence-electron chi connectivity index (χ4n) is 3.38. The second-order valence-corrected chi connectivity index (χ2v) is 7.45. The zero-order valence-electron chi connectivity index (χ0n) is 18.5. The van der Waals surface area contributed by atoms with Gasteiger partial charge in [-0.3, -0.25) is 14.4 Å². The molecule has 0 saturated carbocycles. The van der Waals surface area contributed by atoms with Crippen molar-refractivity contribution in [3.63, 3.8) is 0 Å². The Morgan fingerprint density at radius 2 is 0.944 bits per heavy atom. The summed E-state index contributed by atoms with van der Waals surface area (Å²) in [7, 11) is 0. The number of carbonyl (C=O) groups excluding carboxylic acids is 4. The molecule has 0 aliphatic carbocycles. The first-order valence-corrected chi connectivity index (χ1v) is 10.7. The molecule has 4 rings (SSSR count). The molecule has 7 heteroatoms. The van der Waals surface area contributed by atoms with Gasteiger partial charge in [-0.1, -0.05) is 108 Å². The van der Waals surface area contributed by atoms with Crippen LogP contribution in [0.1, 0.15) is 47.0 Å². The third-order valence-electron chi connectivity index (χ3n) is 5.15. The Morgan fingerprint density at radius 1 is 0.500 bits per heavy atom. The van der Waals surface area contributed by atoms with Gasteiger partial charge in [0.05, 0.1) is 5.56 Å². The zero-order chi connectivity index (χ0) is 24.6. The molecule has 0 fully saturated rings. The molecule has 4 aromatic rings. The molecule has 0 aliphatic rings. The van der Waals surface area contributed by atoms with Crippen LogP contribution in [0.5, 0.6) is 0 Å². The number of rotatable bonds is 8. The van der Waals surface area contributed by atoms with Crippen LogP contribution in [0.2, 0.25) is 0 Å². The fraction of sp³-hybridized carbons (Fsp3) is 0. The van der Waals surface area contributed by atoms with E-state index in [1.54, 1.807) is 78.9 Å². The van der Waals surface area contributed by atoms with Crippen molar-refractivity contribution in [1.29, 1.82) is 0 Å². The summed E-state index contributed by atoms with van der Waals surface area (Å²) in [6.45, 7) is 0. The molecule has 176 valence electrons. The van der Waals surface area contributed by atoms with Gasteiger partial charge in [-0.15, -0.1) is 0 Å². The van der Waals surface area contributed by atoms with Crippen molar-refractivity contribution < 1.29 is 24.0 Å². The van der Waals surface area contributed by atoms with Crippen LogP contribution < -0.4 is 0 Å². The van der Waals surface area contributed by atoms with Crippen LogP contribution in [0.4, 0.5) is 0 Å². The van der Waals surface area contributed by atoms with Crippen molar-refractivity contribution in [2.24, 2.45) is 5.16 Å². The van der Waals surface area contributed by atoms with Gasteiger partial charge in [0.25, 0.3) is 0 Å². The summed E-state index contributed by atoms with van der Waals surface area (Å²) in [5.41, 5.74) is 0.230. The quantitative estimate of drug-likeness (QED) is 0.104. The van der Waals surface area contributed by atoms with Gasteiger partial charge in [-0.05, 0) is 12.1 Å². The molecular formula is C29H22InNO5. The number of hydrogen-bond acceptors (Lipinski definition) is 6. The van der Waals surface area contributed by atoms with E-state index < -0.39 is 23.2 Å². The van der Waals surface area contributed by atoms with E-state index in [0.717, 1.165) is 0 Å². The van der Waals surface area contributed by atoms with E-state index in [-0.39, 0.29) is 53.9 Å². The standard InChI is InChI=1S/C29H19NO5.In.3H/c31-26(20-12-4-1-5-13-20)23-18-10-11-19-24(23)28(33)25(27(32)21-14-6-2-7-15-21)30-35-29(34)22-16-8-3-9-17-22;;;;/h1-19H;;;;. The summed E-state index contributed by atoms with van der Waals surface area (Å²) >= 11 is 0. The summed E-state index contributed by atoms with van der Waals surface area (Å²) in [6, 6.07) is 30.7. The summed E-state index contributed by atoms with van der Waals surface area (Å²) in [4.78, 5) is 57.3.